The number of hydrogen-bond acceptors (Lipinski definition) is 2. The summed E-state index contributed by atoms with van der Waals surface area (Å²) < 4.78 is 0. The van der Waals surface area contributed by atoms with E-state index in [2.05, 4.69) is 35.6 Å². The van der Waals surface area contributed by atoms with E-state index in [1.54, 1.807) is 0 Å². The summed E-state index contributed by atoms with van der Waals surface area (Å²) in [7, 11) is 0. The van der Waals surface area contributed by atoms with Gasteiger partial charge in [-0.2, -0.15) is 0 Å². The lowest BCUT2D eigenvalue weighted by molar-refractivity contribution is -0.121. The average molecular weight is 309 g/mol. The van der Waals surface area contributed by atoms with Crippen molar-refractivity contribution in [3.63, 3.8) is 0 Å². The molecular weight excluding hydrogens is 286 g/mol. The predicted molar refractivity (Wildman–Crippen MR) is 93.1 cm³/mol. The van der Waals surface area contributed by atoms with Crippen LogP contribution in [-0.2, 0) is 11.2 Å². The first-order valence-electron chi connectivity index (χ1n) is 8.31. The first-order valence-corrected chi connectivity index (χ1v) is 8.31. The lowest BCUT2D eigenvalue weighted by atomic mass is 10.0. The number of amides is 1. The van der Waals surface area contributed by atoms with Crippen LogP contribution in [0.4, 0.5) is 0 Å². The van der Waals surface area contributed by atoms with E-state index < -0.39 is 0 Å². The van der Waals surface area contributed by atoms with Crippen LogP contribution in [0.15, 0.2) is 54.6 Å². The highest BCUT2D eigenvalue weighted by Crippen LogP contribution is 2.18. The van der Waals surface area contributed by atoms with Gasteiger partial charge >= 0.3 is 0 Å². The second-order valence-corrected chi connectivity index (χ2v) is 6.27. The van der Waals surface area contributed by atoms with Crippen molar-refractivity contribution in [1.82, 2.24) is 5.32 Å². The van der Waals surface area contributed by atoms with Crippen molar-refractivity contribution in [3.05, 3.63) is 60.2 Å². The number of hydrogen-bond donors (Lipinski definition) is 2. The zero-order valence-corrected chi connectivity index (χ0v) is 13.2. The van der Waals surface area contributed by atoms with Gasteiger partial charge in [0, 0.05) is 25.0 Å². The van der Waals surface area contributed by atoms with Gasteiger partial charge in [0.25, 0.3) is 0 Å². The molecule has 0 bridgehead atoms. The molecule has 23 heavy (non-hydrogen) atoms. The van der Waals surface area contributed by atoms with E-state index in [-0.39, 0.29) is 24.5 Å². The Morgan fingerprint density at radius 3 is 2.74 bits per heavy atom. The van der Waals surface area contributed by atoms with E-state index >= 15 is 0 Å². The number of aryl methyl sites for hydroxylation is 1. The van der Waals surface area contributed by atoms with Crippen molar-refractivity contribution in [2.75, 3.05) is 6.61 Å². The molecule has 2 aromatic carbocycles. The topological polar surface area (TPSA) is 49.3 Å². The molecular formula is C20H23NO2. The minimum absolute atomic E-state index is 0.0836. The minimum atomic E-state index is 0.0836. The van der Waals surface area contributed by atoms with Crippen molar-refractivity contribution in [3.8, 4) is 0 Å². The Balaban J connectivity index is 1.45. The Hall–Kier alpha value is -2.13. The highest BCUT2D eigenvalue weighted by Gasteiger charge is 2.19. The van der Waals surface area contributed by atoms with E-state index in [9.17, 15) is 4.79 Å². The van der Waals surface area contributed by atoms with Crippen molar-refractivity contribution < 1.29 is 9.90 Å². The fraction of sp³-hybridized carbons (Fsp3) is 0.350. The fourth-order valence-electron chi connectivity index (χ4n) is 3.14. The Morgan fingerprint density at radius 2 is 1.96 bits per heavy atom. The predicted octanol–water partition coefficient (Wildman–Crippen LogP) is 3.22. The highest BCUT2D eigenvalue weighted by molar-refractivity contribution is 5.83. The molecule has 0 aliphatic heterocycles. The minimum Gasteiger partial charge on any atom is -0.396 e. The number of benzene rings is 2. The summed E-state index contributed by atoms with van der Waals surface area (Å²) in [6.45, 7) is 0.158. The van der Waals surface area contributed by atoms with Crippen molar-refractivity contribution >= 4 is 16.7 Å². The number of fused-ring (bicyclic) bond motifs is 1. The van der Waals surface area contributed by atoms with Gasteiger partial charge in [0.1, 0.15) is 0 Å². The molecule has 0 heterocycles. The van der Waals surface area contributed by atoms with Gasteiger partial charge in [0.15, 0.2) is 0 Å². The van der Waals surface area contributed by atoms with E-state index in [1.807, 2.05) is 24.3 Å². The number of carbonyl (C=O) groups is 1. The molecule has 1 aliphatic carbocycles. The number of rotatable bonds is 6. The summed E-state index contributed by atoms with van der Waals surface area (Å²) in [6, 6.07) is 14.9. The summed E-state index contributed by atoms with van der Waals surface area (Å²) >= 11 is 0. The molecule has 0 aromatic heterocycles. The van der Waals surface area contributed by atoms with Gasteiger partial charge < -0.3 is 10.4 Å². The second-order valence-electron chi connectivity index (χ2n) is 6.27. The van der Waals surface area contributed by atoms with Crippen LogP contribution < -0.4 is 5.32 Å². The number of nitrogens with one attached hydrogen (secondary N) is 1. The molecule has 1 amide bonds. The molecule has 0 unspecified atom stereocenters. The van der Waals surface area contributed by atoms with Crippen molar-refractivity contribution in [1.29, 1.82) is 0 Å². The summed E-state index contributed by atoms with van der Waals surface area (Å²) in [4.78, 5) is 12.0. The Labute approximate surface area is 137 Å². The lowest BCUT2D eigenvalue weighted by Gasteiger charge is -2.12. The maximum absolute atomic E-state index is 12.0. The molecule has 0 fully saturated rings. The van der Waals surface area contributed by atoms with Crippen molar-refractivity contribution in [2.24, 2.45) is 5.92 Å². The third-order valence-electron chi connectivity index (χ3n) is 4.44. The molecule has 1 aliphatic rings. The molecule has 3 rings (SSSR count). The van der Waals surface area contributed by atoms with Gasteiger partial charge in [-0.3, -0.25) is 4.79 Å². The highest BCUT2D eigenvalue weighted by atomic mass is 16.3. The van der Waals surface area contributed by atoms with Crippen LogP contribution in [0.5, 0.6) is 0 Å². The largest absolute Gasteiger partial charge is 0.396 e. The standard InChI is InChI=1S/C20H23NO2/c22-14-16-9-11-19(13-16)21-20(23)7-3-4-15-8-10-17-5-1-2-6-18(17)12-15/h1-2,5-6,8-12,16,19,22H,3-4,7,13-14H2,(H,21,23)/t16-,19+/m0/s1. The van der Waals surface area contributed by atoms with Crippen LogP contribution >= 0.6 is 0 Å². The Kier molecular flexibility index (Phi) is 5.09. The SMILES string of the molecule is O=C(CCCc1ccc2ccccc2c1)N[C@@H]1C=C[C@H](CO)C1. The Morgan fingerprint density at radius 1 is 1.13 bits per heavy atom. The van der Waals surface area contributed by atoms with Crippen LogP contribution in [0.25, 0.3) is 10.8 Å². The average Bonchev–Trinajstić information content (AvgIpc) is 3.02. The van der Waals surface area contributed by atoms with Crippen molar-refractivity contribution in [2.45, 2.75) is 31.7 Å². The third-order valence-corrected chi connectivity index (χ3v) is 4.44. The quantitative estimate of drug-likeness (QED) is 0.805. The maximum atomic E-state index is 12.0. The van der Waals surface area contributed by atoms with Gasteiger partial charge in [-0.05, 0) is 35.6 Å². The fourth-order valence-corrected chi connectivity index (χ4v) is 3.14. The summed E-state index contributed by atoms with van der Waals surface area (Å²) in [6.07, 6.45) is 7.10. The van der Waals surface area contributed by atoms with E-state index in [4.69, 9.17) is 5.11 Å². The first-order chi connectivity index (χ1) is 11.2. The summed E-state index contributed by atoms with van der Waals surface area (Å²) in [5.41, 5.74) is 1.28. The summed E-state index contributed by atoms with van der Waals surface area (Å²) in [5.74, 6) is 0.289. The van der Waals surface area contributed by atoms with Gasteiger partial charge in [-0.25, -0.2) is 0 Å². The smallest absolute Gasteiger partial charge is 0.220 e. The van der Waals surface area contributed by atoms with Crippen LogP contribution in [0.3, 0.4) is 0 Å². The molecule has 2 N–H and O–H groups in total. The molecule has 120 valence electrons. The van der Waals surface area contributed by atoms with Gasteiger partial charge in [-0.15, -0.1) is 0 Å². The molecule has 3 nitrogen and oxygen atoms in total. The van der Waals surface area contributed by atoms with Gasteiger partial charge in [0.2, 0.25) is 5.91 Å². The summed E-state index contributed by atoms with van der Waals surface area (Å²) in [5, 5.41) is 14.6. The van der Waals surface area contributed by atoms with Crippen LogP contribution in [0.2, 0.25) is 0 Å². The molecule has 0 saturated heterocycles. The molecule has 2 atom stereocenters. The normalized spacial score (nSPS) is 20.0. The molecule has 0 saturated carbocycles. The zero-order chi connectivity index (χ0) is 16.1. The molecule has 0 spiro atoms. The van der Waals surface area contributed by atoms with Crippen LogP contribution in [0.1, 0.15) is 24.8 Å². The second kappa shape index (κ2) is 7.42. The molecule has 2 aromatic rings. The van der Waals surface area contributed by atoms with Crippen LogP contribution in [0, 0.1) is 5.92 Å². The number of carbonyl (C=O) groups excluding carboxylic acids is 1. The zero-order valence-electron chi connectivity index (χ0n) is 13.2. The molecule has 3 heteroatoms. The Bertz CT molecular complexity index is 708. The number of aliphatic hydroxyl groups is 1. The van der Waals surface area contributed by atoms with E-state index in [0.717, 1.165) is 19.3 Å². The van der Waals surface area contributed by atoms with E-state index in [0.29, 0.717) is 6.42 Å². The molecule has 0 radical (unpaired) electrons. The maximum Gasteiger partial charge on any atom is 0.220 e. The van der Waals surface area contributed by atoms with Gasteiger partial charge in [-0.1, -0.05) is 54.6 Å². The van der Waals surface area contributed by atoms with Gasteiger partial charge in [0.05, 0.1) is 0 Å². The third kappa shape index (κ3) is 4.20. The van der Waals surface area contributed by atoms with E-state index in [1.165, 1.54) is 16.3 Å². The number of aliphatic hydroxyl groups excluding tert-OH is 1. The van der Waals surface area contributed by atoms with Crippen LogP contribution in [-0.4, -0.2) is 23.7 Å². The monoisotopic (exact) mass is 309 g/mol. The lowest BCUT2D eigenvalue weighted by Crippen LogP contribution is -2.32. The first kappa shape index (κ1) is 15.8.